The standard InChI is InChI=1S/C29H36F3N5O4/c1-36(2)24-17-34-23-5-4-19(41-3)16-20(23)26(24)25(38)6-7-29(28(39)35-40)8-11-37(12-9-29)13-10-33-27-21(31)14-18(30)15-22(27)32/h4-5,14-17,25,33,38,40H,6-13H2,1-3H3,(H,35,39). The van der Waals surface area contributed by atoms with Crippen molar-refractivity contribution in [2.75, 3.05) is 57.6 Å². The number of hydrogen-bond acceptors (Lipinski definition) is 8. The minimum Gasteiger partial charge on any atom is -0.497 e. The zero-order valence-electron chi connectivity index (χ0n) is 23.4. The first kappa shape index (κ1) is 30.4. The van der Waals surface area contributed by atoms with E-state index in [0.29, 0.717) is 67.9 Å². The van der Waals surface area contributed by atoms with Crippen molar-refractivity contribution in [1.82, 2.24) is 15.4 Å². The summed E-state index contributed by atoms with van der Waals surface area (Å²) in [5.74, 6) is -2.87. The molecule has 0 spiro atoms. The number of aromatic nitrogens is 1. The molecule has 1 amide bonds. The Morgan fingerprint density at radius 3 is 2.46 bits per heavy atom. The number of amides is 1. The quantitative estimate of drug-likeness (QED) is 0.199. The van der Waals surface area contributed by atoms with Gasteiger partial charge >= 0.3 is 0 Å². The Morgan fingerprint density at radius 1 is 1.17 bits per heavy atom. The number of ether oxygens (including phenoxy) is 1. The lowest BCUT2D eigenvalue weighted by Gasteiger charge is -2.40. The molecule has 0 saturated carbocycles. The van der Waals surface area contributed by atoms with Gasteiger partial charge in [0.2, 0.25) is 5.91 Å². The van der Waals surface area contributed by atoms with Crippen molar-refractivity contribution in [2.45, 2.75) is 31.8 Å². The monoisotopic (exact) mass is 575 g/mol. The van der Waals surface area contributed by atoms with Crippen LogP contribution < -0.4 is 20.4 Å². The van der Waals surface area contributed by atoms with Crippen LogP contribution in [0.3, 0.4) is 0 Å². The number of aliphatic hydroxyl groups excluding tert-OH is 1. The number of halogens is 3. The summed E-state index contributed by atoms with van der Waals surface area (Å²) in [6.45, 7) is 1.64. The summed E-state index contributed by atoms with van der Waals surface area (Å²) < 4.78 is 46.4. The Bertz CT molecular complexity index is 1360. The number of hydrogen-bond donors (Lipinski definition) is 4. The average molecular weight is 576 g/mol. The molecule has 1 aliphatic heterocycles. The molecule has 3 aromatic rings. The van der Waals surface area contributed by atoms with E-state index in [1.807, 2.05) is 41.5 Å². The maximum atomic E-state index is 13.9. The summed E-state index contributed by atoms with van der Waals surface area (Å²) in [5, 5.41) is 24.4. The molecular weight excluding hydrogens is 539 g/mol. The Hall–Kier alpha value is -3.61. The third-order valence-electron chi connectivity index (χ3n) is 7.94. The predicted molar refractivity (Wildman–Crippen MR) is 150 cm³/mol. The van der Waals surface area contributed by atoms with Crippen LogP contribution in [0.4, 0.5) is 24.5 Å². The van der Waals surface area contributed by atoms with Crippen LogP contribution in [0.2, 0.25) is 0 Å². The van der Waals surface area contributed by atoms with Gasteiger partial charge in [-0.1, -0.05) is 0 Å². The SMILES string of the molecule is COc1ccc2ncc(N(C)C)c(C(O)CCC3(C(=O)NO)CCN(CCNc4c(F)cc(F)cc4F)CC3)c2c1. The zero-order chi connectivity index (χ0) is 29.7. The number of likely N-dealkylation sites (tertiary alicyclic amines) is 1. The van der Waals surface area contributed by atoms with E-state index in [2.05, 4.69) is 10.3 Å². The number of aliphatic hydroxyl groups is 1. The molecule has 41 heavy (non-hydrogen) atoms. The van der Waals surface area contributed by atoms with Gasteiger partial charge in [-0.3, -0.25) is 15.0 Å². The number of carbonyl (C=O) groups excluding carboxylic acids is 1. The minimum absolute atomic E-state index is 0.212. The first-order valence-electron chi connectivity index (χ1n) is 13.5. The molecule has 1 aromatic heterocycles. The van der Waals surface area contributed by atoms with Crippen molar-refractivity contribution in [3.8, 4) is 5.75 Å². The summed E-state index contributed by atoms with van der Waals surface area (Å²) in [4.78, 5) is 21.3. The average Bonchev–Trinajstić information content (AvgIpc) is 2.96. The highest BCUT2D eigenvalue weighted by atomic mass is 19.1. The second kappa shape index (κ2) is 12.9. The normalized spacial score (nSPS) is 15.9. The zero-order valence-corrected chi connectivity index (χ0v) is 23.4. The van der Waals surface area contributed by atoms with E-state index in [1.165, 1.54) is 0 Å². The van der Waals surface area contributed by atoms with E-state index in [9.17, 15) is 28.3 Å². The van der Waals surface area contributed by atoms with Gasteiger partial charge in [-0.15, -0.1) is 0 Å². The third-order valence-corrected chi connectivity index (χ3v) is 7.94. The lowest BCUT2D eigenvalue weighted by atomic mass is 9.73. The number of nitrogens with one attached hydrogen (secondary N) is 2. The van der Waals surface area contributed by atoms with Crippen molar-refractivity contribution in [3.05, 3.63) is 59.5 Å². The van der Waals surface area contributed by atoms with E-state index in [0.717, 1.165) is 11.1 Å². The van der Waals surface area contributed by atoms with E-state index in [-0.39, 0.29) is 18.7 Å². The number of carbonyl (C=O) groups is 1. The maximum Gasteiger partial charge on any atom is 0.249 e. The Kier molecular flexibility index (Phi) is 9.57. The van der Waals surface area contributed by atoms with Crippen LogP contribution in [0.5, 0.6) is 5.75 Å². The summed E-state index contributed by atoms with van der Waals surface area (Å²) in [7, 11) is 5.30. The van der Waals surface area contributed by atoms with Crippen LogP contribution in [0.25, 0.3) is 10.9 Å². The smallest absolute Gasteiger partial charge is 0.249 e. The molecule has 222 valence electrons. The highest BCUT2D eigenvalue weighted by Gasteiger charge is 2.41. The molecule has 0 bridgehead atoms. The van der Waals surface area contributed by atoms with Crippen LogP contribution >= 0.6 is 0 Å². The van der Waals surface area contributed by atoms with Gasteiger partial charge in [0.05, 0.1) is 36.0 Å². The van der Waals surface area contributed by atoms with Crippen molar-refractivity contribution in [3.63, 3.8) is 0 Å². The van der Waals surface area contributed by atoms with Crippen molar-refractivity contribution >= 4 is 28.2 Å². The van der Waals surface area contributed by atoms with Crippen LogP contribution in [-0.4, -0.2) is 73.5 Å². The Labute approximate surface area is 236 Å². The molecule has 2 heterocycles. The number of piperidine rings is 1. The van der Waals surface area contributed by atoms with Crippen molar-refractivity contribution < 1.29 is 33.0 Å². The molecule has 1 aliphatic rings. The number of methoxy groups -OCH3 is 1. The highest BCUT2D eigenvalue weighted by Crippen LogP contribution is 2.41. The van der Waals surface area contributed by atoms with Crippen LogP contribution in [0, 0.1) is 22.9 Å². The first-order valence-corrected chi connectivity index (χ1v) is 13.5. The Balaban J connectivity index is 1.44. The molecule has 1 unspecified atom stereocenters. The number of anilines is 2. The second-order valence-corrected chi connectivity index (χ2v) is 10.6. The number of benzene rings is 2. The van der Waals surface area contributed by atoms with Crippen molar-refractivity contribution in [1.29, 1.82) is 0 Å². The van der Waals surface area contributed by atoms with Crippen LogP contribution in [0.15, 0.2) is 36.5 Å². The van der Waals surface area contributed by atoms with Gasteiger partial charge in [-0.05, 0) is 57.0 Å². The van der Waals surface area contributed by atoms with Gasteiger partial charge < -0.3 is 25.0 Å². The summed E-state index contributed by atoms with van der Waals surface area (Å²) in [5.41, 5.74) is 2.65. The summed E-state index contributed by atoms with van der Waals surface area (Å²) >= 11 is 0. The van der Waals surface area contributed by atoms with Gasteiger partial charge in [0.15, 0.2) is 11.6 Å². The fourth-order valence-electron chi connectivity index (χ4n) is 5.54. The fraction of sp³-hybridized carbons (Fsp3) is 0.448. The number of fused-ring (bicyclic) bond motifs is 1. The number of pyridine rings is 1. The topological polar surface area (TPSA) is 110 Å². The van der Waals surface area contributed by atoms with Gasteiger partial charge in [0.1, 0.15) is 17.3 Å². The molecule has 2 aromatic carbocycles. The molecule has 12 heteroatoms. The first-order chi connectivity index (χ1) is 19.6. The third kappa shape index (κ3) is 6.66. The van der Waals surface area contributed by atoms with E-state index in [4.69, 9.17) is 4.74 Å². The van der Waals surface area contributed by atoms with Crippen molar-refractivity contribution in [2.24, 2.45) is 5.41 Å². The minimum atomic E-state index is -1.00. The molecule has 4 N–H and O–H groups in total. The summed E-state index contributed by atoms with van der Waals surface area (Å²) in [6.07, 6.45) is 2.19. The van der Waals surface area contributed by atoms with Gasteiger partial charge in [0, 0.05) is 50.3 Å². The molecule has 1 atom stereocenters. The van der Waals surface area contributed by atoms with E-state index >= 15 is 0 Å². The number of nitrogens with zero attached hydrogens (tertiary/aromatic N) is 3. The predicted octanol–water partition coefficient (Wildman–Crippen LogP) is 4.24. The van der Waals surface area contributed by atoms with Crippen LogP contribution in [-0.2, 0) is 4.79 Å². The van der Waals surface area contributed by atoms with Crippen LogP contribution in [0.1, 0.15) is 37.4 Å². The second-order valence-electron chi connectivity index (χ2n) is 10.6. The summed E-state index contributed by atoms with van der Waals surface area (Å²) in [6, 6.07) is 6.70. The number of hydroxylamine groups is 1. The Morgan fingerprint density at radius 2 is 1.85 bits per heavy atom. The molecule has 9 nitrogen and oxygen atoms in total. The van der Waals surface area contributed by atoms with E-state index in [1.54, 1.807) is 19.4 Å². The van der Waals surface area contributed by atoms with E-state index < -0.39 is 34.9 Å². The molecule has 0 radical (unpaired) electrons. The van der Waals surface area contributed by atoms with Gasteiger partial charge in [-0.25, -0.2) is 18.7 Å². The fourth-order valence-corrected chi connectivity index (χ4v) is 5.54. The molecule has 4 rings (SSSR count). The largest absolute Gasteiger partial charge is 0.497 e. The lowest BCUT2D eigenvalue weighted by Crippen LogP contribution is -2.49. The van der Waals surface area contributed by atoms with Gasteiger partial charge in [0.25, 0.3) is 0 Å². The lowest BCUT2D eigenvalue weighted by molar-refractivity contribution is -0.143. The molecule has 1 fully saturated rings. The molecule has 1 saturated heterocycles. The molecular formula is C29H36F3N5O4. The highest BCUT2D eigenvalue weighted by molar-refractivity contribution is 5.88. The van der Waals surface area contributed by atoms with Gasteiger partial charge in [-0.2, -0.15) is 0 Å². The maximum absolute atomic E-state index is 13.9. The molecule has 0 aliphatic carbocycles. The number of rotatable bonds is 11.